The summed E-state index contributed by atoms with van der Waals surface area (Å²) in [5.74, 6) is -0.321. The third-order valence-electron chi connectivity index (χ3n) is 5.27. The molecular formula is C31H28ClNO4S2. The topological polar surface area (TPSA) is 72.8 Å². The van der Waals surface area contributed by atoms with Gasteiger partial charge in [-0.3, -0.25) is 9.59 Å². The highest BCUT2D eigenvalue weighted by Crippen LogP contribution is 2.28. The molecule has 0 saturated heterocycles. The second kappa shape index (κ2) is 15.3. The number of allylic oxidation sites excluding steroid dienone is 4. The lowest BCUT2D eigenvalue weighted by atomic mass is 10.0. The molecule has 3 aromatic rings. The maximum absolute atomic E-state index is 13.1. The Morgan fingerprint density at radius 3 is 1.92 bits per heavy atom. The fourth-order valence-corrected chi connectivity index (χ4v) is 4.98. The second-order valence-electron chi connectivity index (χ2n) is 8.43. The van der Waals surface area contributed by atoms with E-state index in [0.717, 1.165) is 14.7 Å². The number of carbonyl (C=O) groups is 3. The van der Waals surface area contributed by atoms with Crippen molar-refractivity contribution < 1.29 is 19.2 Å². The maximum Gasteiger partial charge on any atom is 0.331 e. The minimum absolute atomic E-state index is 0.0204. The normalized spacial score (nSPS) is 12.3. The number of hydrogen-bond donors (Lipinski definition) is 0. The molecule has 200 valence electrons. The molecule has 39 heavy (non-hydrogen) atoms. The fourth-order valence-electron chi connectivity index (χ4n) is 3.32. The van der Waals surface area contributed by atoms with E-state index in [2.05, 4.69) is 5.16 Å². The van der Waals surface area contributed by atoms with Crippen molar-refractivity contribution in [3.05, 3.63) is 118 Å². The molecule has 0 aromatic heterocycles. The van der Waals surface area contributed by atoms with Gasteiger partial charge in [0, 0.05) is 50.6 Å². The Kier molecular flexibility index (Phi) is 11.8. The van der Waals surface area contributed by atoms with Gasteiger partial charge in [-0.1, -0.05) is 64.9 Å². The molecule has 0 fully saturated rings. The Morgan fingerprint density at radius 1 is 0.795 bits per heavy atom. The summed E-state index contributed by atoms with van der Waals surface area (Å²) in [5, 5.41) is 4.50. The Bertz CT molecular complexity index is 1390. The van der Waals surface area contributed by atoms with Crippen LogP contribution in [0, 0.1) is 0 Å². The molecule has 3 aromatic carbocycles. The van der Waals surface area contributed by atoms with Crippen molar-refractivity contribution in [1.29, 1.82) is 0 Å². The number of ketones is 2. The van der Waals surface area contributed by atoms with E-state index in [9.17, 15) is 14.4 Å². The van der Waals surface area contributed by atoms with Crippen LogP contribution in [0.5, 0.6) is 0 Å². The first-order valence-electron chi connectivity index (χ1n) is 12.1. The predicted molar refractivity (Wildman–Crippen MR) is 161 cm³/mol. The summed E-state index contributed by atoms with van der Waals surface area (Å²) in [6.45, 7) is 4.99. The standard InChI is InChI=1S/C31H28ClNO4S2/c1-21(32)9-10-22(2)38-20-19-29(33-37-23(3)34)31(36)26-13-17-28(18-14-26)39-27-15-11-25(12-16-27)30(35)24-7-5-4-6-8-24/h4-18H,19-20H2,1-3H3. The lowest BCUT2D eigenvalue weighted by molar-refractivity contribution is -0.140. The van der Waals surface area contributed by atoms with Crippen molar-refractivity contribution in [2.24, 2.45) is 5.16 Å². The molecule has 0 aliphatic carbocycles. The number of oxime groups is 1. The molecular weight excluding hydrogens is 550 g/mol. The van der Waals surface area contributed by atoms with E-state index < -0.39 is 5.97 Å². The van der Waals surface area contributed by atoms with Crippen LogP contribution >= 0.6 is 35.1 Å². The number of rotatable bonds is 12. The van der Waals surface area contributed by atoms with Gasteiger partial charge in [0.15, 0.2) is 5.78 Å². The first-order valence-corrected chi connectivity index (χ1v) is 14.3. The van der Waals surface area contributed by atoms with E-state index in [1.165, 1.54) is 18.7 Å². The maximum atomic E-state index is 13.1. The molecule has 0 aliphatic rings. The summed E-state index contributed by atoms with van der Waals surface area (Å²) in [5.41, 5.74) is 1.90. The van der Waals surface area contributed by atoms with Crippen molar-refractivity contribution in [1.82, 2.24) is 0 Å². The zero-order valence-electron chi connectivity index (χ0n) is 21.8. The van der Waals surface area contributed by atoms with E-state index in [4.69, 9.17) is 16.4 Å². The Hall–Kier alpha value is -3.39. The molecule has 3 rings (SSSR count). The Morgan fingerprint density at radius 2 is 1.36 bits per heavy atom. The number of carbonyl (C=O) groups excluding carboxylic acids is 3. The van der Waals surface area contributed by atoms with Gasteiger partial charge < -0.3 is 4.84 Å². The third kappa shape index (κ3) is 10.0. The molecule has 5 nitrogen and oxygen atoms in total. The van der Waals surface area contributed by atoms with Gasteiger partial charge in [-0.05, 0) is 73.4 Å². The molecule has 0 bridgehead atoms. The van der Waals surface area contributed by atoms with Crippen molar-refractivity contribution in [3.8, 4) is 0 Å². The van der Waals surface area contributed by atoms with Crippen LogP contribution < -0.4 is 0 Å². The van der Waals surface area contributed by atoms with Gasteiger partial charge in [0.05, 0.1) is 0 Å². The highest BCUT2D eigenvalue weighted by atomic mass is 35.5. The highest BCUT2D eigenvalue weighted by molar-refractivity contribution is 8.03. The summed E-state index contributed by atoms with van der Waals surface area (Å²) in [6.07, 6.45) is 4.04. The lowest BCUT2D eigenvalue weighted by Crippen LogP contribution is -2.16. The van der Waals surface area contributed by atoms with Crippen LogP contribution in [0.15, 0.2) is 116 Å². The van der Waals surface area contributed by atoms with E-state index in [1.807, 2.05) is 67.6 Å². The molecule has 0 N–H and O–H groups in total. The quantitative estimate of drug-likeness (QED) is 0.0708. The van der Waals surface area contributed by atoms with E-state index >= 15 is 0 Å². The predicted octanol–water partition coefficient (Wildman–Crippen LogP) is 8.34. The van der Waals surface area contributed by atoms with Crippen LogP contribution in [-0.4, -0.2) is 29.0 Å². The van der Waals surface area contributed by atoms with Gasteiger partial charge in [0.1, 0.15) is 5.71 Å². The zero-order valence-corrected chi connectivity index (χ0v) is 24.2. The fraction of sp³-hybridized carbons (Fsp3) is 0.161. The van der Waals surface area contributed by atoms with E-state index in [0.29, 0.717) is 33.9 Å². The van der Waals surface area contributed by atoms with Gasteiger partial charge in [-0.15, -0.1) is 11.8 Å². The molecule has 8 heteroatoms. The van der Waals surface area contributed by atoms with E-state index in [1.54, 1.807) is 49.0 Å². The number of nitrogens with zero attached hydrogens (tertiary/aromatic N) is 1. The van der Waals surface area contributed by atoms with Gasteiger partial charge >= 0.3 is 5.97 Å². The summed E-state index contributed by atoms with van der Waals surface area (Å²) in [7, 11) is 0. The first kappa shape index (κ1) is 30.2. The Labute approximate surface area is 242 Å². The summed E-state index contributed by atoms with van der Waals surface area (Å²) >= 11 is 8.95. The lowest BCUT2D eigenvalue weighted by Gasteiger charge is -2.07. The van der Waals surface area contributed by atoms with Crippen LogP contribution in [0.1, 0.15) is 53.5 Å². The minimum Gasteiger partial charge on any atom is -0.318 e. The molecule has 0 unspecified atom stereocenters. The summed E-state index contributed by atoms with van der Waals surface area (Å²) in [6, 6.07) is 23.8. The SMILES string of the molecule is CC(=O)ON=C(CCSC(C)=CC=C(C)Cl)C(=O)c1ccc(Sc2ccc(C(=O)c3ccccc3)cc2)cc1. The summed E-state index contributed by atoms with van der Waals surface area (Å²) in [4.78, 5) is 44.8. The number of hydrogen-bond acceptors (Lipinski definition) is 7. The molecule has 0 saturated carbocycles. The summed E-state index contributed by atoms with van der Waals surface area (Å²) < 4.78 is 0. The first-order chi connectivity index (χ1) is 18.7. The van der Waals surface area contributed by atoms with Crippen molar-refractivity contribution >= 4 is 58.4 Å². The van der Waals surface area contributed by atoms with Crippen molar-refractivity contribution in [2.75, 3.05) is 5.75 Å². The van der Waals surface area contributed by atoms with Crippen LogP contribution in [-0.2, 0) is 9.63 Å². The van der Waals surface area contributed by atoms with Gasteiger partial charge in [0.2, 0.25) is 5.78 Å². The third-order valence-corrected chi connectivity index (χ3v) is 7.41. The minimum atomic E-state index is -0.588. The van der Waals surface area contributed by atoms with Gasteiger partial charge in [0.25, 0.3) is 0 Å². The largest absolute Gasteiger partial charge is 0.331 e. The smallest absolute Gasteiger partial charge is 0.318 e. The number of thioether (sulfide) groups is 1. The molecule has 0 amide bonds. The number of Topliss-reactive ketones (excluding diaryl/α,β-unsaturated/α-hetero) is 1. The monoisotopic (exact) mass is 577 g/mol. The van der Waals surface area contributed by atoms with E-state index in [-0.39, 0.29) is 17.3 Å². The average Bonchev–Trinajstić information content (AvgIpc) is 2.94. The molecule has 0 radical (unpaired) electrons. The van der Waals surface area contributed by atoms with Crippen LogP contribution in [0.25, 0.3) is 0 Å². The van der Waals surface area contributed by atoms with Gasteiger partial charge in [-0.25, -0.2) is 4.79 Å². The van der Waals surface area contributed by atoms with Crippen LogP contribution in [0.4, 0.5) is 0 Å². The van der Waals surface area contributed by atoms with Gasteiger partial charge in [-0.2, -0.15) is 0 Å². The van der Waals surface area contributed by atoms with Crippen molar-refractivity contribution in [2.45, 2.75) is 37.0 Å². The van der Waals surface area contributed by atoms with Crippen molar-refractivity contribution in [3.63, 3.8) is 0 Å². The highest BCUT2D eigenvalue weighted by Gasteiger charge is 2.16. The van der Waals surface area contributed by atoms with Crippen LogP contribution in [0.3, 0.4) is 0 Å². The average molecular weight is 578 g/mol. The van der Waals surface area contributed by atoms with Crippen LogP contribution in [0.2, 0.25) is 0 Å². The molecule has 0 spiro atoms. The molecule has 0 heterocycles. The number of halogens is 1. The molecule has 0 atom stereocenters. The molecule has 0 aliphatic heterocycles. The zero-order chi connectivity index (χ0) is 28.2. The number of benzene rings is 3. The Balaban J connectivity index is 1.64. The second-order valence-corrected chi connectivity index (χ2v) is 11.5.